The van der Waals surface area contributed by atoms with Crippen molar-refractivity contribution in [3.63, 3.8) is 0 Å². The Hall–Kier alpha value is -2.97. The number of amides is 1. The molecular weight excluding hydrogens is 656 g/mol. The van der Waals surface area contributed by atoms with E-state index in [1.54, 1.807) is 19.1 Å². The van der Waals surface area contributed by atoms with Crippen molar-refractivity contribution in [2.75, 3.05) is 92.0 Å². The van der Waals surface area contributed by atoms with Crippen molar-refractivity contribution in [2.24, 2.45) is 5.92 Å². The van der Waals surface area contributed by atoms with Crippen molar-refractivity contribution in [3.05, 3.63) is 59.2 Å². The molecule has 4 rings (SSSR count). The Bertz CT molecular complexity index is 1320. The Labute approximate surface area is 304 Å². The Morgan fingerprint density at radius 1 is 0.902 bits per heavy atom. The number of methoxy groups -OCH3 is 3. The standard InChI is InChI=1S/C39H60N2O10/c1-28(22-45-6)23-47-24-29-9-12-31(13-10-29)37-35(20-41(38(43)51-39(2,3)4)21-36(37)50-27-32(42)26-46-7)49-25-30-11-14-34-33(19-30)40(16-18-48-34)15-8-17-44-5/h9-14,19,28,32,35-37,42H,8,15-18,20-27H2,1-7H3/t28-,32+,35-,36+,37+/m0/s1. The lowest BCUT2D eigenvalue weighted by molar-refractivity contribution is -0.112. The first-order valence-electron chi connectivity index (χ1n) is 18.0. The minimum atomic E-state index is -0.823. The smallest absolute Gasteiger partial charge is 0.410 e. The van der Waals surface area contributed by atoms with Gasteiger partial charge in [-0.3, -0.25) is 0 Å². The van der Waals surface area contributed by atoms with E-state index < -0.39 is 30.0 Å². The average molecular weight is 717 g/mol. The van der Waals surface area contributed by atoms with Crippen molar-refractivity contribution in [1.82, 2.24) is 4.90 Å². The molecule has 0 radical (unpaired) electrons. The highest BCUT2D eigenvalue weighted by Gasteiger charge is 2.42. The molecule has 2 aromatic carbocycles. The molecule has 0 bridgehead atoms. The molecule has 5 atom stereocenters. The van der Waals surface area contributed by atoms with E-state index in [1.807, 2.05) is 32.9 Å². The summed E-state index contributed by atoms with van der Waals surface area (Å²) in [7, 11) is 4.95. The van der Waals surface area contributed by atoms with Crippen LogP contribution in [0.25, 0.3) is 0 Å². The van der Waals surface area contributed by atoms with Gasteiger partial charge in [0.15, 0.2) is 0 Å². The van der Waals surface area contributed by atoms with Gasteiger partial charge in [0.2, 0.25) is 0 Å². The number of fused-ring (bicyclic) bond motifs is 1. The molecule has 0 unspecified atom stereocenters. The number of anilines is 1. The number of piperidine rings is 1. The van der Waals surface area contributed by atoms with Gasteiger partial charge < -0.3 is 52.8 Å². The molecule has 0 aliphatic carbocycles. The van der Waals surface area contributed by atoms with Crippen LogP contribution in [-0.4, -0.2) is 127 Å². The predicted octanol–water partition coefficient (Wildman–Crippen LogP) is 5.03. The lowest BCUT2D eigenvalue weighted by Crippen LogP contribution is -2.55. The molecule has 12 nitrogen and oxygen atoms in total. The van der Waals surface area contributed by atoms with Gasteiger partial charge in [-0.2, -0.15) is 0 Å². The number of aliphatic hydroxyl groups is 1. The van der Waals surface area contributed by atoms with Crippen LogP contribution in [-0.2, 0) is 46.4 Å². The Morgan fingerprint density at radius 3 is 2.29 bits per heavy atom. The van der Waals surface area contributed by atoms with Gasteiger partial charge in [-0.25, -0.2) is 4.79 Å². The Balaban J connectivity index is 1.59. The van der Waals surface area contributed by atoms with Gasteiger partial charge in [-0.1, -0.05) is 37.3 Å². The van der Waals surface area contributed by atoms with Crippen LogP contribution in [0.4, 0.5) is 10.5 Å². The van der Waals surface area contributed by atoms with Crippen molar-refractivity contribution in [3.8, 4) is 5.75 Å². The maximum Gasteiger partial charge on any atom is 0.410 e. The third-order valence-corrected chi connectivity index (χ3v) is 8.83. The van der Waals surface area contributed by atoms with Gasteiger partial charge in [0, 0.05) is 46.3 Å². The number of likely N-dealkylation sites (tertiary alicyclic amines) is 1. The fourth-order valence-electron chi connectivity index (χ4n) is 6.46. The molecule has 2 aliphatic rings. The Morgan fingerprint density at radius 2 is 1.61 bits per heavy atom. The van der Waals surface area contributed by atoms with Crippen LogP contribution in [0.2, 0.25) is 0 Å². The fourth-order valence-corrected chi connectivity index (χ4v) is 6.46. The molecule has 0 aromatic heterocycles. The average Bonchev–Trinajstić information content (AvgIpc) is 3.09. The molecule has 2 aliphatic heterocycles. The van der Waals surface area contributed by atoms with E-state index in [9.17, 15) is 9.90 Å². The highest BCUT2D eigenvalue weighted by molar-refractivity contribution is 5.68. The molecule has 0 saturated carbocycles. The predicted molar refractivity (Wildman–Crippen MR) is 195 cm³/mol. The summed E-state index contributed by atoms with van der Waals surface area (Å²) in [6, 6.07) is 14.4. The van der Waals surface area contributed by atoms with Crippen LogP contribution in [0, 0.1) is 5.92 Å². The van der Waals surface area contributed by atoms with Gasteiger partial charge >= 0.3 is 6.09 Å². The summed E-state index contributed by atoms with van der Waals surface area (Å²) in [6.07, 6.45) is -1.28. The van der Waals surface area contributed by atoms with Crippen molar-refractivity contribution < 1.29 is 47.8 Å². The maximum atomic E-state index is 13.5. The number of aliphatic hydroxyl groups excluding tert-OH is 1. The number of rotatable bonds is 19. The van der Waals surface area contributed by atoms with Gasteiger partial charge in [0.05, 0.1) is 77.2 Å². The third kappa shape index (κ3) is 12.9. The first-order valence-corrected chi connectivity index (χ1v) is 18.0. The summed E-state index contributed by atoms with van der Waals surface area (Å²) >= 11 is 0. The van der Waals surface area contributed by atoms with Crippen molar-refractivity contribution >= 4 is 11.8 Å². The molecule has 0 spiro atoms. The minimum Gasteiger partial charge on any atom is -0.490 e. The van der Waals surface area contributed by atoms with Crippen molar-refractivity contribution in [2.45, 2.75) is 77.2 Å². The monoisotopic (exact) mass is 716 g/mol. The number of nitrogens with zero attached hydrogens (tertiary/aromatic N) is 2. The summed E-state index contributed by atoms with van der Waals surface area (Å²) in [6.45, 7) is 13.4. The number of carbonyl (C=O) groups excluding carboxylic acids is 1. The molecule has 1 amide bonds. The van der Waals surface area contributed by atoms with E-state index in [4.69, 9.17) is 37.9 Å². The normalized spacial score (nSPS) is 20.4. The zero-order valence-electron chi connectivity index (χ0n) is 31.6. The van der Waals surface area contributed by atoms with Crippen LogP contribution < -0.4 is 9.64 Å². The van der Waals surface area contributed by atoms with Crippen molar-refractivity contribution in [1.29, 1.82) is 0 Å². The fraction of sp³-hybridized carbons (Fsp3) is 0.667. The SMILES string of the molecule is COCCCN1CCOc2ccc(CO[C@H]3CN(C(=O)OC(C)(C)C)C[C@@H](OC[C@H](O)COC)[C@@H]3c3ccc(COC[C@@H](C)COC)cc3)cc21. The summed E-state index contributed by atoms with van der Waals surface area (Å²) in [5.74, 6) is 0.908. The van der Waals surface area contributed by atoms with Crippen LogP contribution >= 0.6 is 0 Å². The Kier molecular flexibility index (Phi) is 16.3. The van der Waals surface area contributed by atoms with E-state index in [0.717, 1.165) is 47.6 Å². The highest BCUT2D eigenvalue weighted by atomic mass is 16.6. The second kappa shape index (κ2) is 20.3. The number of benzene rings is 2. The van der Waals surface area contributed by atoms with E-state index in [2.05, 4.69) is 42.2 Å². The van der Waals surface area contributed by atoms with Crippen LogP contribution in [0.15, 0.2) is 42.5 Å². The first-order chi connectivity index (χ1) is 24.5. The van der Waals surface area contributed by atoms with Gasteiger partial charge in [-0.15, -0.1) is 0 Å². The number of hydrogen-bond acceptors (Lipinski definition) is 11. The zero-order valence-corrected chi connectivity index (χ0v) is 31.6. The topological polar surface area (TPSA) is 118 Å². The summed E-state index contributed by atoms with van der Waals surface area (Å²) in [5, 5.41) is 10.5. The lowest BCUT2D eigenvalue weighted by Gasteiger charge is -2.44. The molecule has 2 aromatic rings. The zero-order chi connectivity index (χ0) is 36.8. The van der Waals surface area contributed by atoms with Gasteiger partial charge in [0.25, 0.3) is 0 Å². The summed E-state index contributed by atoms with van der Waals surface area (Å²) < 4.78 is 46.5. The molecule has 51 heavy (non-hydrogen) atoms. The first kappa shape index (κ1) is 40.8. The highest BCUT2D eigenvalue weighted by Crippen LogP contribution is 2.36. The molecule has 286 valence electrons. The number of hydrogen-bond donors (Lipinski definition) is 1. The van der Waals surface area contributed by atoms with Crippen LogP contribution in [0.1, 0.15) is 56.7 Å². The molecule has 1 saturated heterocycles. The van der Waals surface area contributed by atoms with E-state index in [1.165, 1.54) is 7.11 Å². The van der Waals surface area contributed by atoms with E-state index >= 15 is 0 Å². The lowest BCUT2D eigenvalue weighted by atomic mass is 9.84. The number of carbonyl (C=O) groups is 1. The molecule has 2 heterocycles. The minimum absolute atomic E-state index is 0.0409. The van der Waals surface area contributed by atoms with E-state index in [0.29, 0.717) is 52.1 Å². The van der Waals surface area contributed by atoms with Crippen LogP contribution in [0.3, 0.4) is 0 Å². The van der Waals surface area contributed by atoms with Gasteiger partial charge in [0.1, 0.15) is 24.1 Å². The van der Waals surface area contributed by atoms with E-state index in [-0.39, 0.29) is 25.7 Å². The van der Waals surface area contributed by atoms with Gasteiger partial charge in [-0.05, 0) is 56.0 Å². The second-order valence-electron chi connectivity index (χ2n) is 14.5. The molecular formula is C39H60N2O10. The molecule has 1 N–H and O–H groups in total. The summed E-state index contributed by atoms with van der Waals surface area (Å²) in [4.78, 5) is 17.5. The van der Waals surface area contributed by atoms with Crippen LogP contribution in [0.5, 0.6) is 5.75 Å². The quantitative estimate of drug-likeness (QED) is 0.197. The second-order valence-corrected chi connectivity index (χ2v) is 14.5. The third-order valence-electron chi connectivity index (χ3n) is 8.83. The largest absolute Gasteiger partial charge is 0.490 e. The maximum absolute atomic E-state index is 13.5. The molecule has 12 heteroatoms. The summed E-state index contributed by atoms with van der Waals surface area (Å²) in [5.41, 5.74) is 3.42. The number of ether oxygens (including phenoxy) is 8. The molecule has 1 fully saturated rings.